The molecule has 0 fully saturated rings. The van der Waals surface area contributed by atoms with Crippen LogP contribution < -0.4 is 15.4 Å². The highest BCUT2D eigenvalue weighted by molar-refractivity contribution is 6.06. The van der Waals surface area contributed by atoms with Crippen LogP contribution in [0.4, 0.5) is 11.4 Å². The van der Waals surface area contributed by atoms with Crippen molar-refractivity contribution in [2.24, 2.45) is 0 Å². The van der Waals surface area contributed by atoms with Crippen LogP contribution in [0.15, 0.2) is 36.4 Å². The summed E-state index contributed by atoms with van der Waals surface area (Å²) < 4.78 is 5.50. The molecule has 0 saturated carbocycles. The van der Waals surface area contributed by atoms with E-state index < -0.39 is 6.10 Å². The van der Waals surface area contributed by atoms with Gasteiger partial charge in [-0.05, 0) is 50.6 Å². The predicted octanol–water partition coefficient (Wildman–Crippen LogP) is 3.28. The van der Waals surface area contributed by atoms with Gasteiger partial charge in [-0.2, -0.15) is 0 Å². The highest BCUT2D eigenvalue weighted by Crippen LogP contribution is 2.32. The van der Waals surface area contributed by atoms with Gasteiger partial charge >= 0.3 is 0 Å². The van der Waals surface area contributed by atoms with E-state index in [0.29, 0.717) is 22.7 Å². The van der Waals surface area contributed by atoms with E-state index in [2.05, 4.69) is 10.6 Å². The lowest BCUT2D eigenvalue weighted by Crippen LogP contribution is -2.34. The first-order valence-electron chi connectivity index (χ1n) is 7.44. The second-order valence-corrected chi connectivity index (χ2v) is 5.73. The zero-order chi connectivity index (χ0) is 16.6. The Balaban J connectivity index is 1.84. The van der Waals surface area contributed by atoms with Crippen LogP contribution in [-0.4, -0.2) is 17.9 Å². The fraction of sp³-hybridized carbons (Fsp3) is 0.222. The average Bonchev–Trinajstić information content (AvgIpc) is 2.51. The van der Waals surface area contributed by atoms with Crippen molar-refractivity contribution in [3.8, 4) is 5.75 Å². The van der Waals surface area contributed by atoms with Gasteiger partial charge in [0.1, 0.15) is 5.75 Å². The van der Waals surface area contributed by atoms with Crippen molar-refractivity contribution in [3.05, 3.63) is 53.1 Å². The number of benzene rings is 2. The molecule has 1 heterocycles. The van der Waals surface area contributed by atoms with Gasteiger partial charge in [0.15, 0.2) is 6.10 Å². The van der Waals surface area contributed by atoms with Gasteiger partial charge in [0.05, 0.1) is 5.69 Å². The van der Waals surface area contributed by atoms with Gasteiger partial charge in [0.25, 0.3) is 11.8 Å². The number of carbonyl (C=O) groups is 2. The maximum absolute atomic E-state index is 12.4. The number of aryl methyl sites for hydroxylation is 2. The molecular weight excluding hydrogens is 292 g/mol. The van der Waals surface area contributed by atoms with Gasteiger partial charge in [-0.25, -0.2) is 0 Å². The van der Waals surface area contributed by atoms with E-state index >= 15 is 0 Å². The monoisotopic (exact) mass is 310 g/mol. The molecule has 1 unspecified atom stereocenters. The summed E-state index contributed by atoms with van der Waals surface area (Å²) in [7, 11) is 0. The summed E-state index contributed by atoms with van der Waals surface area (Å²) in [6, 6.07) is 10.9. The molecule has 2 aromatic rings. The van der Waals surface area contributed by atoms with Crippen LogP contribution in [0.5, 0.6) is 5.75 Å². The van der Waals surface area contributed by atoms with E-state index in [4.69, 9.17) is 4.74 Å². The number of ether oxygens (including phenoxy) is 1. The molecule has 2 amide bonds. The molecule has 3 rings (SSSR count). The molecular formula is C18H18N2O3. The molecule has 0 radical (unpaired) electrons. The maximum atomic E-state index is 12.4. The fourth-order valence-electron chi connectivity index (χ4n) is 2.47. The zero-order valence-corrected chi connectivity index (χ0v) is 13.3. The van der Waals surface area contributed by atoms with E-state index in [1.807, 2.05) is 32.0 Å². The van der Waals surface area contributed by atoms with Crippen LogP contribution in [0.1, 0.15) is 28.4 Å². The largest absolute Gasteiger partial charge is 0.479 e. The molecule has 1 aliphatic rings. The SMILES string of the molecule is Cc1ccc(C)c(C(=O)Nc2ccc3c(c2)NC(=O)C(C)O3)c1. The van der Waals surface area contributed by atoms with Gasteiger partial charge < -0.3 is 15.4 Å². The molecule has 23 heavy (non-hydrogen) atoms. The number of rotatable bonds is 2. The molecule has 118 valence electrons. The number of carbonyl (C=O) groups excluding carboxylic acids is 2. The molecule has 2 N–H and O–H groups in total. The third-order valence-electron chi connectivity index (χ3n) is 3.81. The van der Waals surface area contributed by atoms with Crippen LogP contribution >= 0.6 is 0 Å². The lowest BCUT2D eigenvalue weighted by Gasteiger charge is -2.23. The van der Waals surface area contributed by atoms with Gasteiger partial charge in [-0.1, -0.05) is 17.7 Å². The molecule has 0 bridgehead atoms. The zero-order valence-electron chi connectivity index (χ0n) is 13.3. The minimum absolute atomic E-state index is 0.178. The Kier molecular flexibility index (Phi) is 3.78. The second-order valence-electron chi connectivity index (χ2n) is 5.73. The summed E-state index contributed by atoms with van der Waals surface area (Å²) in [5.74, 6) is 0.222. The molecule has 0 saturated heterocycles. The lowest BCUT2D eigenvalue weighted by molar-refractivity contribution is -0.122. The number of hydrogen-bond acceptors (Lipinski definition) is 3. The van der Waals surface area contributed by atoms with Gasteiger partial charge in [0.2, 0.25) is 0 Å². The minimum atomic E-state index is -0.516. The van der Waals surface area contributed by atoms with Crippen molar-refractivity contribution in [2.45, 2.75) is 26.9 Å². The normalized spacial score (nSPS) is 16.1. The molecule has 2 aromatic carbocycles. The van der Waals surface area contributed by atoms with Gasteiger partial charge in [0, 0.05) is 11.3 Å². The van der Waals surface area contributed by atoms with Crippen molar-refractivity contribution in [3.63, 3.8) is 0 Å². The summed E-state index contributed by atoms with van der Waals surface area (Å²) in [4.78, 5) is 24.1. The molecule has 0 aromatic heterocycles. The Morgan fingerprint density at radius 1 is 1.17 bits per heavy atom. The van der Waals surface area contributed by atoms with Gasteiger partial charge in [-0.15, -0.1) is 0 Å². The standard InChI is InChI=1S/C18H18N2O3/c1-10-4-5-11(2)14(8-10)18(22)19-13-6-7-16-15(9-13)20-17(21)12(3)23-16/h4-9,12H,1-3H3,(H,19,22)(H,20,21). The topological polar surface area (TPSA) is 67.4 Å². The van der Waals surface area contributed by atoms with E-state index in [9.17, 15) is 9.59 Å². The van der Waals surface area contributed by atoms with Gasteiger partial charge in [-0.3, -0.25) is 9.59 Å². The first kappa shape index (κ1) is 15.1. The Labute approximate surface area is 134 Å². The van der Waals surface area contributed by atoms with E-state index in [1.54, 1.807) is 25.1 Å². The molecule has 1 aliphatic heterocycles. The van der Waals surface area contributed by atoms with Crippen LogP contribution in [0.3, 0.4) is 0 Å². The Morgan fingerprint density at radius 3 is 2.74 bits per heavy atom. The summed E-state index contributed by atoms with van der Waals surface area (Å²) in [5, 5.41) is 5.62. The number of amides is 2. The lowest BCUT2D eigenvalue weighted by atomic mass is 10.0. The van der Waals surface area contributed by atoms with Crippen LogP contribution in [0.25, 0.3) is 0 Å². The first-order chi connectivity index (χ1) is 10.9. The molecule has 0 spiro atoms. The highest BCUT2D eigenvalue weighted by atomic mass is 16.5. The quantitative estimate of drug-likeness (QED) is 0.894. The van der Waals surface area contributed by atoms with Crippen LogP contribution in [0, 0.1) is 13.8 Å². The Hall–Kier alpha value is -2.82. The number of fused-ring (bicyclic) bond motifs is 1. The van der Waals surface area contributed by atoms with Crippen molar-refractivity contribution in [1.82, 2.24) is 0 Å². The highest BCUT2D eigenvalue weighted by Gasteiger charge is 2.23. The predicted molar refractivity (Wildman–Crippen MR) is 89.0 cm³/mol. The van der Waals surface area contributed by atoms with Crippen molar-refractivity contribution < 1.29 is 14.3 Å². The Morgan fingerprint density at radius 2 is 1.96 bits per heavy atom. The van der Waals surface area contributed by atoms with E-state index in [-0.39, 0.29) is 11.8 Å². The summed E-state index contributed by atoms with van der Waals surface area (Å²) in [6.07, 6.45) is -0.516. The number of hydrogen-bond donors (Lipinski definition) is 2. The van der Waals surface area contributed by atoms with Crippen molar-refractivity contribution >= 4 is 23.2 Å². The second kappa shape index (κ2) is 5.76. The third-order valence-corrected chi connectivity index (χ3v) is 3.81. The molecule has 1 atom stereocenters. The first-order valence-corrected chi connectivity index (χ1v) is 7.44. The smallest absolute Gasteiger partial charge is 0.265 e. The van der Waals surface area contributed by atoms with Crippen molar-refractivity contribution in [1.29, 1.82) is 0 Å². The van der Waals surface area contributed by atoms with Crippen LogP contribution in [-0.2, 0) is 4.79 Å². The molecule has 5 nitrogen and oxygen atoms in total. The maximum Gasteiger partial charge on any atom is 0.265 e. The molecule has 0 aliphatic carbocycles. The summed E-state index contributed by atoms with van der Waals surface area (Å²) in [5.41, 5.74) is 3.74. The van der Waals surface area contributed by atoms with E-state index in [0.717, 1.165) is 11.1 Å². The average molecular weight is 310 g/mol. The fourth-order valence-corrected chi connectivity index (χ4v) is 2.47. The van der Waals surface area contributed by atoms with Crippen molar-refractivity contribution in [2.75, 3.05) is 10.6 Å². The summed E-state index contributed by atoms with van der Waals surface area (Å²) in [6.45, 7) is 5.54. The summed E-state index contributed by atoms with van der Waals surface area (Å²) >= 11 is 0. The van der Waals surface area contributed by atoms with E-state index in [1.165, 1.54) is 0 Å². The van der Waals surface area contributed by atoms with Crippen LogP contribution in [0.2, 0.25) is 0 Å². The Bertz CT molecular complexity index is 799. The third kappa shape index (κ3) is 3.04. The number of anilines is 2. The number of nitrogens with one attached hydrogen (secondary N) is 2. The minimum Gasteiger partial charge on any atom is -0.479 e. The molecule has 5 heteroatoms.